The van der Waals surface area contributed by atoms with E-state index in [4.69, 9.17) is 5.26 Å². The second-order valence-corrected chi connectivity index (χ2v) is 4.99. The quantitative estimate of drug-likeness (QED) is 0.813. The van der Waals surface area contributed by atoms with Crippen molar-refractivity contribution in [2.24, 2.45) is 0 Å². The van der Waals surface area contributed by atoms with Gasteiger partial charge in [0, 0.05) is 18.0 Å². The summed E-state index contributed by atoms with van der Waals surface area (Å²) >= 11 is 1.73. The Hall–Kier alpha value is -1.05. The van der Waals surface area contributed by atoms with Gasteiger partial charge >= 0.3 is 0 Å². The fraction of sp³-hybridized carbons (Fsp3) is 0.500. The Labute approximate surface area is 100 Å². The van der Waals surface area contributed by atoms with Crippen molar-refractivity contribution >= 4 is 11.8 Å². The highest BCUT2D eigenvalue weighted by Crippen LogP contribution is 2.19. The van der Waals surface area contributed by atoms with Gasteiger partial charge in [0.25, 0.3) is 0 Å². The summed E-state index contributed by atoms with van der Waals surface area (Å²) in [5.74, 6) is 1.04. The molecule has 0 bridgehead atoms. The lowest BCUT2D eigenvalue weighted by Gasteiger charge is -2.22. The topological polar surface area (TPSA) is 48.7 Å². The number of nitrogens with zero attached hydrogens (tertiary/aromatic N) is 2. The number of pyridine rings is 1. The van der Waals surface area contributed by atoms with Crippen molar-refractivity contribution in [1.29, 1.82) is 5.26 Å². The molecule has 16 heavy (non-hydrogen) atoms. The van der Waals surface area contributed by atoms with Crippen molar-refractivity contribution in [2.75, 3.05) is 12.3 Å². The third-order valence-electron chi connectivity index (χ3n) is 2.71. The first kappa shape index (κ1) is 11.4. The van der Waals surface area contributed by atoms with Crippen LogP contribution in [0, 0.1) is 11.3 Å². The van der Waals surface area contributed by atoms with Gasteiger partial charge in [0.1, 0.15) is 0 Å². The van der Waals surface area contributed by atoms with Crippen molar-refractivity contribution in [1.82, 2.24) is 10.3 Å². The molecule has 0 aromatic carbocycles. The van der Waals surface area contributed by atoms with Gasteiger partial charge in [-0.2, -0.15) is 5.26 Å². The van der Waals surface area contributed by atoms with Gasteiger partial charge in [-0.25, -0.2) is 4.98 Å². The van der Waals surface area contributed by atoms with Crippen LogP contribution in [0.2, 0.25) is 0 Å². The maximum absolute atomic E-state index is 8.78. The summed E-state index contributed by atoms with van der Waals surface area (Å²) in [6.45, 7) is 1.14. The molecule has 0 amide bonds. The number of nitriles is 1. The number of thioether (sulfide) groups is 1. The van der Waals surface area contributed by atoms with E-state index in [1.54, 1.807) is 24.0 Å². The van der Waals surface area contributed by atoms with Crippen molar-refractivity contribution < 1.29 is 0 Å². The Morgan fingerprint density at radius 3 is 3.25 bits per heavy atom. The molecule has 0 spiro atoms. The average Bonchev–Trinajstić information content (AvgIpc) is 2.38. The standard InChI is InChI=1S/C12H15N3S/c13-8-10-4-6-15-12(7-10)16-9-11-3-1-2-5-14-11/h4,6-7,11,14H,1-3,5,9H2. The second kappa shape index (κ2) is 5.88. The zero-order valence-corrected chi connectivity index (χ0v) is 9.96. The molecule has 1 aromatic rings. The summed E-state index contributed by atoms with van der Waals surface area (Å²) in [6, 6.07) is 6.33. The molecule has 3 nitrogen and oxygen atoms in total. The molecule has 1 atom stereocenters. The number of hydrogen-bond donors (Lipinski definition) is 1. The molecule has 1 fully saturated rings. The van der Waals surface area contributed by atoms with Crippen molar-refractivity contribution in [3.05, 3.63) is 23.9 Å². The first-order chi connectivity index (χ1) is 7.88. The maximum atomic E-state index is 8.78. The van der Waals surface area contributed by atoms with Gasteiger partial charge in [-0.05, 0) is 31.5 Å². The number of rotatable bonds is 3. The fourth-order valence-electron chi connectivity index (χ4n) is 1.81. The second-order valence-electron chi connectivity index (χ2n) is 3.95. The van der Waals surface area contributed by atoms with Gasteiger partial charge < -0.3 is 5.32 Å². The lowest BCUT2D eigenvalue weighted by Crippen LogP contribution is -2.35. The SMILES string of the molecule is N#Cc1ccnc(SCC2CCCCN2)c1. The minimum atomic E-state index is 0.603. The minimum absolute atomic E-state index is 0.603. The molecule has 1 saturated heterocycles. The Balaban J connectivity index is 1.86. The van der Waals surface area contributed by atoms with Crippen molar-refractivity contribution in [3.8, 4) is 6.07 Å². The zero-order chi connectivity index (χ0) is 11.2. The molecule has 2 rings (SSSR count). The van der Waals surface area contributed by atoms with E-state index in [1.807, 2.05) is 6.07 Å². The highest BCUT2D eigenvalue weighted by molar-refractivity contribution is 7.99. The Kier molecular flexibility index (Phi) is 4.20. The van der Waals surface area contributed by atoms with E-state index in [0.29, 0.717) is 11.6 Å². The molecule has 1 aliphatic rings. The van der Waals surface area contributed by atoms with E-state index in [0.717, 1.165) is 17.3 Å². The van der Waals surface area contributed by atoms with Crippen LogP contribution < -0.4 is 5.32 Å². The Morgan fingerprint density at radius 1 is 1.56 bits per heavy atom. The summed E-state index contributed by atoms with van der Waals surface area (Å²) < 4.78 is 0. The van der Waals surface area contributed by atoms with Gasteiger partial charge in [0.15, 0.2) is 0 Å². The number of nitrogens with one attached hydrogen (secondary N) is 1. The van der Waals surface area contributed by atoms with Crippen LogP contribution in [0.5, 0.6) is 0 Å². The summed E-state index contributed by atoms with van der Waals surface area (Å²) in [4.78, 5) is 4.26. The van der Waals surface area contributed by atoms with Crippen LogP contribution in [0.3, 0.4) is 0 Å². The van der Waals surface area contributed by atoms with E-state index < -0.39 is 0 Å². The van der Waals surface area contributed by atoms with E-state index in [9.17, 15) is 0 Å². The summed E-state index contributed by atoms with van der Waals surface area (Å²) in [5, 5.41) is 13.2. The Bertz CT molecular complexity index is 380. The first-order valence-corrected chi connectivity index (χ1v) is 6.59. The maximum Gasteiger partial charge on any atom is 0.0993 e. The minimum Gasteiger partial charge on any atom is -0.313 e. The van der Waals surface area contributed by atoms with Crippen LogP contribution in [-0.2, 0) is 0 Å². The van der Waals surface area contributed by atoms with E-state index in [1.165, 1.54) is 19.3 Å². The molecule has 0 saturated carbocycles. The summed E-state index contributed by atoms with van der Waals surface area (Å²) in [6.07, 6.45) is 5.58. The van der Waals surface area contributed by atoms with Crippen LogP contribution >= 0.6 is 11.8 Å². The third-order valence-corrected chi connectivity index (χ3v) is 3.80. The summed E-state index contributed by atoms with van der Waals surface area (Å²) in [7, 11) is 0. The molecular formula is C12H15N3S. The van der Waals surface area contributed by atoms with Crippen LogP contribution in [0.4, 0.5) is 0 Å². The smallest absolute Gasteiger partial charge is 0.0993 e. The number of aromatic nitrogens is 1. The first-order valence-electron chi connectivity index (χ1n) is 5.61. The van der Waals surface area contributed by atoms with Crippen molar-refractivity contribution in [2.45, 2.75) is 30.3 Å². The molecular weight excluding hydrogens is 218 g/mol. The third kappa shape index (κ3) is 3.22. The van der Waals surface area contributed by atoms with Crippen LogP contribution in [0.25, 0.3) is 0 Å². The highest BCUT2D eigenvalue weighted by Gasteiger charge is 2.12. The molecule has 4 heteroatoms. The van der Waals surface area contributed by atoms with Gasteiger partial charge in [-0.15, -0.1) is 11.8 Å². The number of piperidine rings is 1. The normalized spacial score (nSPS) is 20.3. The van der Waals surface area contributed by atoms with E-state index in [-0.39, 0.29) is 0 Å². The molecule has 1 aliphatic heterocycles. The van der Waals surface area contributed by atoms with Gasteiger partial charge in [-0.1, -0.05) is 6.42 Å². The van der Waals surface area contributed by atoms with Crippen LogP contribution in [0.15, 0.2) is 23.4 Å². The molecule has 2 heterocycles. The molecule has 84 valence electrons. The lowest BCUT2D eigenvalue weighted by atomic mass is 10.1. The molecule has 0 aliphatic carbocycles. The molecule has 1 unspecified atom stereocenters. The predicted molar refractivity (Wildman–Crippen MR) is 65.3 cm³/mol. The monoisotopic (exact) mass is 233 g/mol. The van der Waals surface area contributed by atoms with E-state index >= 15 is 0 Å². The van der Waals surface area contributed by atoms with Gasteiger partial charge in [-0.3, -0.25) is 0 Å². The largest absolute Gasteiger partial charge is 0.313 e. The van der Waals surface area contributed by atoms with Gasteiger partial charge in [0.05, 0.1) is 16.7 Å². The molecule has 1 aromatic heterocycles. The van der Waals surface area contributed by atoms with Crippen molar-refractivity contribution in [3.63, 3.8) is 0 Å². The molecule has 0 radical (unpaired) electrons. The average molecular weight is 233 g/mol. The highest BCUT2D eigenvalue weighted by atomic mass is 32.2. The van der Waals surface area contributed by atoms with Crippen LogP contribution in [-0.4, -0.2) is 23.3 Å². The lowest BCUT2D eigenvalue weighted by molar-refractivity contribution is 0.430. The zero-order valence-electron chi connectivity index (χ0n) is 9.15. The van der Waals surface area contributed by atoms with Crippen LogP contribution in [0.1, 0.15) is 24.8 Å². The van der Waals surface area contributed by atoms with Gasteiger partial charge in [0.2, 0.25) is 0 Å². The fourth-order valence-corrected chi connectivity index (χ4v) is 2.81. The summed E-state index contributed by atoms with van der Waals surface area (Å²) in [5.41, 5.74) is 0.689. The predicted octanol–water partition coefficient (Wildman–Crippen LogP) is 2.19. The number of hydrogen-bond acceptors (Lipinski definition) is 4. The van der Waals surface area contributed by atoms with E-state index in [2.05, 4.69) is 16.4 Å². The Morgan fingerprint density at radius 2 is 2.50 bits per heavy atom. The molecule has 1 N–H and O–H groups in total.